The molecule has 0 saturated heterocycles. The van der Waals surface area contributed by atoms with E-state index in [2.05, 4.69) is 19.2 Å². The number of rotatable bonds is 8. The number of carbonyl (C=O) groups excluding carboxylic acids is 1. The Bertz CT molecular complexity index is 618. The first-order valence-corrected chi connectivity index (χ1v) is 7.98. The molecule has 0 bridgehead atoms. The number of methoxy groups -OCH3 is 1. The van der Waals surface area contributed by atoms with Gasteiger partial charge in [-0.3, -0.25) is 4.79 Å². The van der Waals surface area contributed by atoms with Crippen LogP contribution in [0.25, 0.3) is 11.0 Å². The fraction of sp³-hybridized carbons (Fsp3) is 0.500. The average Bonchev–Trinajstić information content (AvgIpc) is 2.88. The molecule has 0 aliphatic heterocycles. The Labute approximate surface area is 131 Å². The third-order valence-electron chi connectivity index (χ3n) is 3.76. The van der Waals surface area contributed by atoms with E-state index in [0.29, 0.717) is 5.76 Å². The van der Waals surface area contributed by atoms with Crippen molar-refractivity contribution in [3.05, 3.63) is 30.0 Å². The molecule has 0 unspecified atom stereocenters. The van der Waals surface area contributed by atoms with Crippen LogP contribution in [-0.2, 0) is 11.2 Å². The lowest BCUT2D eigenvalue weighted by Crippen LogP contribution is -2.33. The standard InChI is InChI=1S/C18H25NO3/c1-4-5-6-7-13(2)19-18(20)12-16-10-14-8-9-15(21-3)11-17(14)22-16/h8-11,13H,4-7,12H2,1-3H3,(H,19,20)/t13-/m0/s1. The third kappa shape index (κ3) is 4.52. The lowest BCUT2D eigenvalue weighted by Gasteiger charge is -2.12. The van der Waals surface area contributed by atoms with Gasteiger partial charge in [0.25, 0.3) is 0 Å². The minimum Gasteiger partial charge on any atom is -0.497 e. The molecule has 1 N–H and O–H groups in total. The quantitative estimate of drug-likeness (QED) is 0.748. The molecule has 0 radical (unpaired) electrons. The van der Waals surface area contributed by atoms with Crippen molar-refractivity contribution in [2.75, 3.05) is 7.11 Å². The van der Waals surface area contributed by atoms with Crippen molar-refractivity contribution in [2.24, 2.45) is 0 Å². The SMILES string of the molecule is CCCCC[C@H](C)NC(=O)Cc1cc2ccc(OC)cc2o1. The summed E-state index contributed by atoms with van der Waals surface area (Å²) in [4.78, 5) is 12.1. The van der Waals surface area contributed by atoms with Gasteiger partial charge in [-0.1, -0.05) is 26.2 Å². The number of benzene rings is 1. The summed E-state index contributed by atoms with van der Waals surface area (Å²) in [5, 5.41) is 4.02. The fourth-order valence-corrected chi connectivity index (χ4v) is 2.54. The van der Waals surface area contributed by atoms with Gasteiger partial charge in [0.2, 0.25) is 5.91 Å². The van der Waals surface area contributed by atoms with Crippen molar-refractivity contribution in [3.8, 4) is 5.75 Å². The summed E-state index contributed by atoms with van der Waals surface area (Å²) in [7, 11) is 1.62. The summed E-state index contributed by atoms with van der Waals surface area (Å²) in [6, 6.07) is 7.79. The van der Waals surface area contributed by atoms with Gasteiger partial charge in [0, 0.05) is 17.5 Å². The van der Waals surface area contributed by atoms with Gasteiger partial charge in [-0.2, -0.15) is 0 Å². The molecule has 2 aromatic rings. The Morgan fingerprint density at radius 2 is 2.14 bits per heavy atom. The zero-order valence-corrected chi connectivity index (χ0v) is 13.6. The maximum Gasteiger partial charge on any atom is 0.227 e. The summed E-state index contributed by atoms with van der Waals surface area (Å²) < 4.78 is 10.9. The van der Waals surface area contributed by atoms with Crippen LogP contribution in [0.4, 0.5) is 0 Å². The highest BCUT2D eigenvalue weighted by molar-refractivity contribution is 5.83. The van der Waals surface area contributed by atoms with E-state index in [0.717, 1.165) is 29.6 Å². The van der Waals surface area contributed by atoms with Crippen molar-refractivity contribution < 1.29 is 13.9 Å². The molecule has 4 heteroatoms. The molecule has 1 amide bonds. The number of fused-ring (bicyclic) bond motifs is 1. The van der Waals surface area contributed by atoms with Crippen LogP contribution in [0.1, 0.15) is 45.3 Å². The molecule has 0 fully saturated rings. The summed E-state index contributed by atoms with van der Waals surface area (Å²) in [6.07, 6.45) is 4.86. The van der Waals surface area contributed by atoms with Gasteiger partial charge < -0.3 is 14.5 Å². The lowest BCUT2D eigenvalue weighted by atomic mass is 10.1. The Morgan fingerprint density at radius 1 is 1.32 bits per heavy atom. The number of amides is 1. The Hall–Kier alpha value is -1.97. The lowest BCUT2D eigenvalue weighted by molar-refractivity contribution is -0.121. The van der Waals surface area contributed by atoms with Crippen LogP contribution >= 0.6 is 0 Å². The number of ether oxygens (including phenoxy) is 1. The second-order valence-electron chi connectivity index (χ2n) is 5.76. The van der Waals surface area contributed by atoms with E-state index in [-0.39, 0.29) is 18.4 Å². The van der Waals surface area contributed by atoms with Crippen LogP contribution in [0.2, 0.25) is 0 Å². The first kappa shape index (κ1) is 16.4. The molecule has 4 nitrogen and oxygen atoms in total. The topological polar surface area (TPSA) is 51.5 Å². The highest BCUT2D eigenvalue weighted by atomic mass is 16.5. The molecule has 0 saturated carbocycles. The summed E-state index contributed by atoms with van der Waals surface area (Å²) >= 11 is 0. The molecule has 0 aliphatic carbocycles. The van der Waals surface area contributed by atoms with Gasteiger partial charge in [0.1, 0.15) is 17.1 Å². The summed E-state index contributed by atoms with van der Waals surface area (Å²) in [6.45, 7) is 4.23. The van der Waals surface area contributed by atoms with Gasteiger partial charge in [-0.25, -0.2) is 0 Å². The van der Waals surface area contributed by atoms with E-state index in [9.17, 15) is 4.79 Å². The molecule has 2 rings (SSSR count). The van der Waals surface area contributed by atoms with Crippen molar-refractivity contribution in [1.29, 1.82) is 0 Å². The van der Waals surface area contributed by atoms with Crippen molar-refractivity contribution in [1.82, 2.24) is 5.32 Å². The summed E-state index contributed by atoms with van der Waals surface area (Å²) in [5.74, 6) is 1.44. The molecule has 1 aromatic carbocycles. The molecule has 22 heavy (non-hydrogen) atoms. The predicted octanol–water partition coefficient (Wildman–Crippen LogP) is 4.07. The van der Waals surface area contributed by atoms with E-state index in [1.54, 1.807) is 7.11 Å². The van der Waals surface area contributed by atoms with Crippen molar-refractivity contribution in [3.63, 3.8) is 0 Å². The molecule has 1 heterocycles. The van der Waals surface area contributed by atoms with Gasteiger partial charge >= 0.3 is 0 Å². The van der Waals surface area contributed by atoms with E-state index in [1.165, 1.54) is 12.8 Å². The molecular formula is C18H25NO3. The van der Waals surface area contributed by atoms with Crippen LogP contribution in [-0.4, -0.2) is 19.1 Å². The van der Waals surface area contributed by atoms with Gasteiger partial charge in [-0.15, -0.1) is 0 Å². The predicted molar refractivity (Wildman–Crippen MR) is 88.2 cm³/mol. The second-order valence-corrected chi connectivity index (χ2v) is 5.76. The van der Waals surface area contributed by atoms with Gasteiger partial charge in [0.15, 0.2) is 0 Å². The normalized spacial score (nSPS) is 12.3. The van der Waals surface area contributed by atoms with Gasteiger partial charge in [-0.05, 0) is 31.5 Å². The largest absolute Gasteiger partial charge is 0.497 e. The van der Waals surface area contributed by atoms with Gasteiger partial charge in [0.05, 0.1) is 13.5 Å². The number of nitrogens with one attached hydrogen (secondary N) is 1. The smallest absolute Gasteiger partial charge is 0.227 e. The van der Waals surface area contributed by atoms with Crippen LogP contribution < -0.4 is 10.1 Å². The van der Waals surface area contributed by atoms with Crippen molar-refractivity contribution >= 4 is 16.9 Å². The average molecular weight is 303 g/mol. The first-order chi connectivity index (χ1) is 10.6. The number of hydrogen-bond donors (Lipinski definition) is 1. The molecular weight excluding hydrogens is 278 g/mol. The molecule has 120 valence electrons. The minimum atomic E-state index is 0.00928. The van der Waals surface area contributed by atoms with E-state index >= 15 is 0 Å². The number of furan rings is 1. The molecule has 1 atom stereocenters. The molecule has 0 spiro atoms. The first-order valence-electron chi connectivity index (χ1n) is 7.98. The third-order valence-corrected chi connectivity index (χ3v) is 3.76. The Balaban J connectivity index is 1.91. The second kappa shape index (κ2) is 7.87. The number of hydrogen-bond acceptors (Lipinski definition) is 3. The highest BCUT2D eigenvalue weighted by Gasteiger charge is 2.12. The van der Waals surface area contributed by atoms with Crippen LogP contribution in [0.3, 0.4) is 0 Å². The van der Waals surface area contributed by atoms with Crippen LogP contribution in [0.5, 0.6) is 5.75 Å². The number of carbonyl (C=O) groups is 1. The maximum atomic E-state index is 12.1. The zero-order chi connectivity index (χ0) is 15.9. The highest BCUT2D eigenvalue weighted by Crippen LogP contribution is 2.24. The molecule has 0 aliphatic rings. The maximum absolute atomic E-state index is 12.1. The Morgan fingerprint density at radius 3 is 2.86 bits per heavy atom. The fourth-order valence-electron chi connectivity index (χ4n) is 2.54. The number of unbranched alkanes of at least 4 members (excludes halogenated alkanes) is 2. The Kier molecular flexibility index (Phi) is 5.87. The van der Waals surface area contributed by atoms with Crippen molar-refractivity contribution in [2.45, 2.75) is 52.0 Å². The molecule has 1 aromatic heterocycles. The zero-order valence-electron chi connectivity index (χ0n) is 13.6. The van der Waals surface area contributed by atoms with E-state index < -0.39 is 0 Å². The van der Waals surface area contributed by atoms with Crippen LogP contribution in [0.15, 0.2) is 28.7 Å². The monoisotopic (exact) mass is 303 g/mol. The minimum absolute atomic E-state index is 0.00928. The summed E-state index contributed by atoms with van der Waals surface area (Å²) in [5.41, 5.74) is 0.748. The van der Waals surface area contributed by atoms with E-state index in [4.69, 9.17) is 9.15 Å². The van der Waals surface area contributed by atoms with Crippen LogP contribution in [0, 0.1) is 0 Å². The van der Waals surface area contributed by atoms with E-state index in [1.807, 2.05) is 24.3 Å².